The molecule has 0 aliphatic carbocycles. The van der Waals surface area contributed by atoms with E-state index in [4.69, 9.17) is 9.26 Å². The third-order valence-electron chi connectivity index (χ3n) is 3.24. The Hall–Kier alpha value is -2.24. The molecular weight excluding hydrogens is 246 g/mol. The Balaban J connectivity index is 1.89. The summed E-state index contributed by atoms with van der Waals surface area (Å²) in [5.41, 5.74) is 0.513. The fourth-order valence-corrected chi connectivity index (χ4v) is 2.19. The van der Waals surface area contributed by atoms with Crippen LogP contribution in [0.15, 0.2) is 22.7 Å². The Kier molecular flexibility index (Phi) is 2.98. The van der Waals surface area contributed by atoms with E-state index in [0.717, 1.165) is 25.9 Å². The maximum atomic E-state index is 9.93. The minimum atomic E-state index is 0.0657. The normalized spacial score (nSPS) is 14.9. The first kappa shape index (κ1) is 11.8. The highest BCUT2D eigenvalue weighted by Gasteiger charge is 2.20. The molecule has 1 N–H and O–H groups in total. The molecule has 0 amide bonds. The zero-order valence-corrected chi connectivity index (χ0v) is 10.7. The fourth-order valence-electron chi connectivity index (χ4n) is 2.19. The van der Waals surface area contributed by atoms with Gasteiger partial charge in [-0.05, 0) is 30.1 Å². The summed E-state index contributed by atoms with van der Waals surface area (Å²) >= 11 is 0. The van der Waals surface area contributed by atoms with Gasteiger partial charge in [0.2, 0.25) is 0 Å². The van der Waals surface area contributed by atoms with Crippen LogP contribution in [0.3, 0.4) is 0 Å². The van der Waals surface area contributed by atoms with E-state index in [-0.39, 0.29) is 5.75 Å². The van der Waals surface area contributed by atoms with Crippen molar-refractivity contribution in [3.05, 3.63) is 18.2 Å². The highest BCUT2D eigenvalue weighted by atomic mass is 16.5. The van der Waals surface area contributed by atoms with Crippen LogP contribution in [-0.4, -0.2) is 35.4 Å². The van der Waals surface area contributed by atoms with Crippen molar-refractivity contribution in [1.82, 2.24) is 10.1 Å². The molecule has 2 heterocycles. The van der Waals surface area contributed by atoms with Crippen LogP contribution in [0.4, 0.5) is 5.95 Å². The lowest BCUT2D eigenvalue weighted by molar-refractivity contribution is 0.405. The van der Waals surface area contributed by atoms with E-state index < -0.39 is 0 Å². The van der Waals surface area contributed by atoms with E-state index in [1.165, 1.54) is 6.07 Å². The molecule has 0 saturated carbocycles. The molecule has 1 fully saturated rings. The van der Waals surface area contributed by atoms with E-state index >= 15 is 0 Å². The van der Waals surface area contributed by atoms with E-state index in [0.29, 0.717) is 23.2 Å². The van der Waals surface area contributed by atoms with Crippen LogP contribution in [0.1, 0.15) is 12.8 Å². The summed E-state index contributed by atoms with van der Waals surface area (Å²) in [7, 11) is 1.55. The molecule has 100 valence electrons. The molecule has 0 bridgehead atoms. The van der Waals surface area contributed by atoms with Gasteiger partial charge in [-0.25, -0.2) is 0 Å². The summed E-state index contributed by atoms with van der Waals surface area (Å²) in [5, 5.41) is 13.9. The summed E-state index contributed by atoms with van der Waals surface area (Å²) in [6.45, 7) is 1.90. The molecular formula is C13H15N3O3. The first-order valence-electron chi connectivity index (χ1n) is 6.24. The number of anilines is 1. The highest BCUT2D eigenvalue weighted by molar-refractivity contribution is 5.64. The Bertz CT molecular complexity index is 576. The van der Waals surface area contributed by atoms with Gasteiger partial charge in [0.05, 0.1) is 12.7 Å². The van der Waals surface area contributed by atoms with E-state index in [9.17, 15) is 5.11 Å². The number of hydrogen-bond donors (Lipinski definition) is 1. The Morgan fingerprint density at radius 3 is 2.79 bits per heavy atom. The van der Waals surface area contributed by atoms with Gasteiger partial charge in [0.1, 0.15) is 11.5 Å². The van der Waals surface area contributed by atoms with Gasteiger partial charge in [-0.15, -0.1) is 0 Å². The number of aromatic hydroxyl groups is 1. The second kappa shape index (κ2) is 4.79. The molecule has 0 spiro atoms. The van der Waals surface area contributed by atoms with Crippen molar-refractivity contribution >= 4 is 5.95 Å². The second-order valence-electron chi connectivity index (χ2n) is 4.48. The Morgan fingerprint density at radius 2 is 2.11 bits per heavy atom. The van der Waals surface area contributed by atoms with Crippen molar-refractivity contribution in [3.63, 3.8) is 0 Å². The Labute approximate surface area is 110 Å². The van der Waals surface area contributed by atoms with E-state index in [1.54, 1.807) is 19.2 Å². The number of ether oxygens (including phenoxy) is 1. The van der Waals surface area contributed by atoms with E-state index in [2.05, 4.69) is 15.0 Å². The summed E-state index contributed by atoms with van der Waals surface area (Å²) < 4.78 is 10.3. The largest absolute Gasteiger partial charge is 0.507 e. The lowest BCUT2D eigenvalue weighted by Crippen LogP contribution is -2.18. The number of aromatic nitrogens is 2. The third kappa shape index (κ3) is 2.21. The number of nitrogens with zero attached hydrogens (tertiary/aromatic N) is 3. The van der Waals surface area contributed by atoms with Crippen LogP contribution in [0, 0.1) is 0 Å². The molecule has 1 aromatic heterocycles. The molecule has 6 nitrogen and oxygen atoms in total. The molecule has 1 aliphatic heterocycles. The minimum Gasteiger partial charge on any atom is -0.507 e. The van der Waals surface area contributed by atoms with Gasteiger partial charge in [-0.3, -0.25) is 0 Å². The number of phenolic OH excluding ortho intramolecular Hbond substituents is 1. The standard InChI is InChI=1S/C13H15N3O3/c1-18-9-4-5-10(11(17)8-9)12-14-13(15-19-12)16-6-2-3-7-16/h4-5,8,17H,2-3,6-7H2,1H3. The maximum absolute atomic E-state index is 9.93. The molecule has 1 aromatic carbocycles. The molecule has 1 aliphatic rings. The van der Waals surface area contributed by atoms with Crippen LogP contribution >= 0.6 is 0 Å². The lowest BCUT2D eigenvalue weighted by atomic mass is 10.2. The molecule has 0 unspecified atom stereocenters. The van der Waals surface area contributed by atoms with Crippen molar-refractivity contribution in [2.75, 3.05) is 25.1 Å². The average Bonchev–Trinajstić information content (AvgIpc) is 3.09. The zero-order valence-electron chi connectivity index (χ0n) is 10.7. The smallest absolute Gasteiger partial charge is 0.266 e. The van der Waals surface area contributed by atoms with Crippen molar-refractivity contribution < 1.29 is 14.4 Å². The topological polar surface area (TPSA) is 71.6 Å². The summed E-state index contributed by atoms with van der Waals surface area (Å²) in [4.78, 5) is 6.40. The predicted octanol–water partition coefficient (Wildman–Crippen LogP) is 2.05. The average molecular weight is 261 g/mol. The SMILES string of the molecule is COc1ccc(-c2nc(N3CCCC3)no2)c(O)c1. The van der Waals surface area contributed by atoms with Gasteiger partial charge >= 0.3 is 0 Å². The number of phenols is 1. The monoisotopic (exact) mass is 261 g/mol. The van der Waals surface area contributed by atoms with Gasteiger partial charge < -0.3 is 19.3 Å². The molecule has 2 aromatic rings. The summed E-state index contributed by atoms with van der Waals surface area (Å²) in [5.74, 6) is 1.56. The first-order chi connectivity index (χ1) is 9.28. The van der Waals surface area contributed by atoms with Crippen LogP contribution in [-0.2, 0) is 0 Å². The quantitative estimate of drug-likeness (QED) is 0.911. The number of methoxy groups -OCH3 is 1. The first-order valence-corrected chi connectivity index (χ1v) is 6.24. The third-order valence-corrected chi connectivity index (χ3v) is 3.24. The highest BCUT2D eigenvalue weighted by Crippen LogP contribution is 2.32. The predicted molar refractivity (Wildman–Crippen MR) is 69.4 cm³/mol. The summed E-state index contributed by atoms with van der Waals surface area (Å²) in [6, 6.07) is 4.97. The van der Waals surface area contributed by atoms with Crippen LogP contribution in [0.2, 0.25) is 0 Å². The molecule has 3 rings (SSSR count). The van der Waals surface area contributed by atoms with Crippen molar-refractivity contribution in [2.24, 2.45) is 0 Å². The molecule has 6 heteroatoms. The minimum absolute atomic E-state index is 0.0657. The molecule has 0 radical (unpaired) electrons. The lowest BCUT2D eigenvalue weighted by Gasteiger charge is -2.09. The molecule has 19 heavy (non-hydrogen) atoms. The van der Waals surface area contributed by atoms with Crippen molar-refractivity contribution in [1.29, 1.82) is 0 Å². The number of benzene rings is 1. The van der Waals surface area contributed by atoms with Crippen LogP contribution in [0.25, 0.3) is 11.5 Å². The van der Waals surface area contributed by atoms with Gasteiger partial charge in [-0.1, -0.05) is 0 Å². The van der Waals surface area contributed by atoms with Crippen molar-refractivity contribution in [3.8, 4) is 23.0 Å². The zero-order chi connectivity index (χ0) is 13.2. The van der Waals surface area contributed by atoms with Gasteiger partial charge in [0.25, 0.3) is 11.8 Å². The van der Waals surface area contributed by atoms with Gasteiger partial charge in [0, 0.05) is 19.2 Å². The van der Waals surface area contributed by atoms with Crippen LogP contribution in [0.5, 0.6) is 11.5 Å². The van der Waals surface area contributed by atoms with Gasteiger partial charge in [0.15, 0.2) is 0 Å². The maximum Gasteiger partial charge on any atom is 0.266 e. The van der Waals surface area contributed by atoms with Gasteiger partial charge in [-0.2, -0.15) is 4.98 Å². The number of rotatable bonds is 3. The Morgan fingerprint density at radius 1 is 1.32 bits per heavy atom. The van der Waals surface area contributed by atoms with Crippen LogP contribution < -0.4 is 9.64 Å². The number of hydrogen-bond acceptors (Lipinski definition) is 6. The fraction of sp³-hybridized carbons (Fsp3) is 0.385. The molecule has 0 atom stereocenters. The van der Waals surface area contributed by atoms with E-state index in [1.807, 2.05) is 0 Å². The molecule has 1 saturated heterocycles. The summed E-state index contributed by atoms with van der Waals surface area (Å²) in [6.07, 6.45) is 2.30. The second-order valence-corrected chi connectivity index (χ2v) is 4.48. The van der Waals surface area contributed by atoms with Crippen molar-refractivity contribution in [2.45, 2.75) is 12.8 Å².